The Morgan fingerprint density at radius 2 is 1.74 bits per heavy atom. The summed E-state index contributed by atoms with van der Waals surface area (Å²) in [7, 11) is 0. The molecule has 0 spiro atoms. The normalized spacial score (nSPS) is 20.6. The number of para-hydroxylation sites is 1. The Kier molecular flexibility index (Phi) is 5.70. The van der Waals surface area contributed by atoms with E-state index in [4.69, 9.17) is 4.74 Å². The van der Waals surface area contributed by atoms with Crippen molar-refractivity contribution < 1.29 is 9.53 Å². The van der Waals surface area contributed by atoms with E-state index in [1.54, 1.807) is 0 Å². The largest absolute Gasteiger partial charge is 0.489 e. The van der Waals surface area contributed by atoms with Gasteiger partial charge in [0.2, 0.25) is 0 Å². The molecule has 0 bridgehead atoms. The number of hydrogen-bond acceptors (Lipinski definition) is 4. The van der Waals surface area contributed by atoms with Crippen LogP contribution in [0, 0.1) is 0 Å². The molecule has 1 unspecified atom stereocenters. The summed E-state index contributed by atoms with van der Waals surface area (Å²) in [5.74, 6) is 0.997. The van der Waals surface area contributed by atoms with Crippen molar-refractivity contribution >= 4 is 5.91 Å². The average molecular weight is 365 g/mol. The lowest BCUT2D eigenvalue weighted by Gasteiger charge is -2.32. The standard InChI is InChI=1S/C22H27N3O2/c26-22(25-13-10-20(16-25)24-14-11-23-12-15-24)19-8-6-18(7-9-19)17-27-21-4-2-1-3-5-21/h1-9,20,23H,10-17H2. The maximum Gasteiger partial charge on any atom is 0.253 e. The number of likely N-dealkylation sites (tertiary alicyclic amines) is 1. The minimum atomic E-state index is 0.142. The van der Waals surface area contributed by atoms with Gasteiger partial charge in [0, 0.05) is 50.9 Å². The summed E-state index contributed by atoms with van der Waals surface area (Å²) >= 11 is 0. The summed E-state index contributed by atoms with van der Waals surface area (Å²) in [4.78, 5) is 17.4. The molecule has 2 fully saturated rings. The van der Waals surface area contributed by atoms with Gasteiger partial charge in [0.1, 0.15) is 12.4 Å². The van der Waals surface area contributed by atoms with E-state index in [0.717, 1.165) is 62.6 Å². The number of piperazine rings is 1. The monoisotopic (exact) mass is 365 g/mol. The molecule has 2 aromatic rings. The van der Waals surface area contributed by atoms with Crippen LogP contribution in [0.2, 0.25) is 0 Å². The zero-order chi connectivity index (χ0) is 18.5. The van der Waals surface area contributed by atoms with Crippen molar-refractivity contribution in [2.24, 2.45) is 0 Å². The van der Waals surface area contributed by atoms with Crippen molar-refractivity contribution in [3.8, 4) is 5.75 Å². The van der Waals surface area contributed by atoms with Gasteiger partial charge in [-0.1, -0.05) is 30.3 Å². The molecule has 2 saturated heterocycles. The summed E-state index contributed by atoms with van der Waals surface area (Å²) in [6.07, 6.45) is 1.08. The Labute approximate surface area is 160 Å². The highest BCUT2D eigenvalue weighted by Gasteiger charge is 2.31. The van der Waals surface area contributed by atoms with Crippen LogP contribution in [-0.2, 0) is 6.61 Å². The molecular formula is C22H27N3O2. The van der Waals surface area contributed by atoms with Gasteiger partial charge in [0.25, 0.3) is 5.91 Å². The fraction of sp³-hybridized carbons (Fsp3) is 0.409. The van der Waals surface area contributed by atoms with Gasteiger partial charge in [0.15, 0.2) is 0 Å². The van der Waals surface area contributed by atoms with Crippen LogP contribution in [0.15, 0.2) is 54.6 Å². The Bertz CT molecular complexity index is 742. The van der Waals surface area contributed by atoms with Gasteiger partial charge in [-0.05, 0) is 36.2 Å². The van der Waals surface area contributed by atoms with Crippen LogP contribution in [0.5, 0.6) is 5.75 Å². The van der Waals surface area contributed by atoms with Crippen molar-refractivity contribution in [1.29, 1.82) is 0 Å². The van der Waals surface area contributed by atoms with Crippen LogP contribution >= 0.6 is 0 Å². The van der Waals surface area contributed by atoms with Gasteiger partial charge >= 0.3 is 0 Å². The Balaban J connectivity index is 1.31. The van der Waals surface area contributed by atoms with Gasteiger partial charge in [-0.25, -0.2) is 0 Å². The SMILES string of the molecule is O=C(c1ccc(COc2ccccc2)cc1)N1CCC(N2CCNCC2)C1. The zero-order valence-corrected chi connectivity index (χ0v) is 15.6. The van der Waals surface area contributed by atoms with E-state index in [9.17, 15) is 4.79 Å². The number of amides is 1. The first-order valence-corrected chi connectivity index (χ1v) is 9.80. The molecule has 27 heavy (non-hydrogen) atoms. The van der Waals surface area contributed by atoms with E-state index in [1.165, 1.54) is 0 Å². The molecule has 0 aromatic heterocycles. The summed E-state index contributed by atoms with van der Waals surface area (Å²) in [5.41, 5.74) is 1.83. The van der Waals surface area contributed by atoms with Gasteiger partial charge < -0.3 is 15.0 Å². The number of nitrogens with one attached hydrogen (secondary N) is 1. The molecule has 2 aliphatic heterocycles. The average Bonchev–Trinajstić information content (AvgIpc) is 3.24. The van der Waals surface area contributed by atoms with Crippen molar-refractivity contribution in [2.75, 3.05) is 39.3 Å². The summed E-state index contributed by atoms with van der Waals surface area (Å²) in [5, 5.41) is 3.39. The number of rotatable bonds is 5. The summed E-state index contributed by atoms with van der Waals surface area (Å²) < 4.78 is 5.77. The van der Waals surface area contributed by atoms with E-state index in [2.05, 4.69) is 10.2 Å². The fourth-order valence-corrected chi connectivity index (χ4v) is 3.88. The van der Waals surface area contributed by atoms with Crippen molar-refractivity contribution in [3.63, 3.8) is 0 Å². The molecule has 142 valence electrons. The third kappa shape index (κ3) is 4.49. The molecule has 0 aliphatic carbocycles. The van der Waals surface area contributed by atoms with Crippen molar-refractivity contribution in [1.82, 2.24) is 15.1 Å². The first-order chi connectivity index (χ1) is 13.3. The molecule has 1 atom stereocenters. The minimum absolute atomic E-state index is 0.142. The van der Waals surface area contributed by atoms with Crippen LogP contribution in [0.25, 0.3) is 0 Å². The highest BCUT2D eigenvalue weighted by molar-refractivity contribution is 5.94. The molecule has 2 heterocycles. The third-order valence-corrected chi connectivity index (χ3v) is 5.47. The lowest BCUT2D eigenvalue weighted by atomic mass is 10.1. The number of nitrogens with zero attached hydrogens (tertiary/aromatic N) is 2. The van der Waals surface area contributed by atoms with Crippen LogP contribution in [-0.4, -0.2) is 61.0 Å². The molecule has 5 heteroatoms. The van der Waals surface area contributed by atoms with Crippen LogP contribution in [0.1, 0.15) is 22.3 Å². The molecule has 1 amide bonds. The van der Waals surface area contributed by atoms with Crippen LogP contribution in [0.3, 0.4) is 0 Å². The minimum Gasteiger partial charge on any atom is -0.489 e. The second kappa shape index (κ2) is 8.55. The molecule has 1 N–H and O–H groups in total. The van der Waals surface area contributed by atoms with E-state index >= 15 is 0 Å². The maximum atomic E-state index is 12.8. The summed E-state index contributed by atoms with van der Waals surface area (Å²) in [6, 6.07) is 18.1. The van der Waals surface area contributed by atoms with Crippen molar-refractivity contribution in [2.45, 2.75) is 19.1 Å². The van der Waals surface area contributed by atoms with Crippen molar-refractivity contribution in [3.05, 3.63) is 65.7 Å². The first kappa shape index (κ1) is 18.0. The molecule has 5 nitrogen and oxygen atoms in total. The number of hydrogen-bond donors (Lipinski definition) is 1. The Morgan fingerprint density at radius 1 is 1.00 bits per heavy atom. The van der Waals surface area contributed by atoms with E-state index < -0.39 is 0 Å². The smallest absolute Gasteiger partial charge is 0.253 e. The molecule has 4 rings (SSSR count). The molecular weight excluding hydrogens is 338 g/mol. The predicted molar refractivity (Wildman–Crippen MR) is 106 cm³/mol. The number of carbonyl (C=O) groups excluding carboxylic acids is 1. The van der Waals surface area contributed by atoms with Crippen LogP contribution in [0.4, 0.5) is 0 Å². The molecule has 0 saturated carbocycles. The molecule has 0 radical (unpaired) electrons. The van der Waals surface area contributed by atoms with Gasteiger partial charge in [0.05, 0.1) is 0 Å². The van der Waals surface area contributed by atoms with E-state index in [1.807, 2.05) is 59.5 Å². The topological polar surface area (TPSA) is 44.8 Å². The quantitative estimate of drug-likeness (QED) is 0.884. The Morgan fingerprint density at radius 3 is 2.48 bits per heavy atom. The van der Waals surface area contributed by atoms with Gasteiger partial charge in [-0.15, -0.1) is 0 Å². The van der Waals surface area contributed by atoms with Gasteiger partial charge in [-0.3, -0.25) is 9.69 Å². The number of ether oxygens (including phenoxy) is 1. The third-order valence-electron chi connectivity index (χ3n) is 5.47. The van der Waals surface area contributed by atoms with E-state index in [-0.39, 0.29) is 5.91 Å². The van der Waals surface area contributed by atoms with E-state index in [0.29, 0.717) is 12.6 Å². The second-order valence-electron chi connectivity index (χ2n) is 7.28. The fourth-order valence-electron chi connectivity index (χ4n) is 3.88. The Hall–Kier alpha value is -2.37. The highest BCUT2D eigenvalue weighted by Crippen LogP contribution is 2.19. The first-order valence-electron chi connectivity index (χ1n) is 9.80. The maximum absolute atomic E-state index is 12.8. The lowest BCUT2D eigenvalue weighted by Crippen LogP contribution is -2.49. The van der Waals surface area contributed by atoms with Crippen LogP contribution < -0.4 is 10.1 Å². The predicted octanol–water partition coefficient (Wildman–Crippen LogP) is 2.39. The summed E-state index contributed by atoms with van der Waals surface area (Å²) in [6.45, 7) is 6.48. The highest BCUT2D eigenvalue weighted by atomic mass is 16.5. The number of carbonyl (C=O) groups is 1. The lowest BCUT2D eigenvalue weighted by molar-refractivity contribution is 0.0773. The molecule has 2 aromatic carbocycles. The zero-order valence-electron chi connectivity index (χ0n) is 15.6. The molecule has 2 aliphatic rings. The van der Waals surface area contributed by atoms with Gasteiger partial charge in [-0.2, -0.15) is 0 Å². The number of benzene rings is 2. The second-order valence-corrected chi connectivity index (χ2v) is 7.28.